The maximum Gasteiger partial charge on any atom is 0.255 e. The predicted molar refractivity (Wildman–Crippen MR) is 428 cm³/mol. The third kappa shape index (κ3) is 30.4. The minimum atomic E-state index is -0.156. The molecule has 0 fully saturated rings. The van der Waals surface area contributed by atoms with E-state index in [1.807, 2.05) is 156 Å². The molecule has 0 saturated heterocycles. The first-order chi connectivity index (χ1) is 51.1. The molecular formula is C91H106N6O12. The van der Waals surface area contributed by atoms with Crippen LogP contribution in [0.25, 0.3) is 0 Å². The van der Waals surface area contributed by atoms with Crippen LogP contribution in [-0.4, -0.2) is 70.1 Å². The molecule has 572 valence electrons. The van der Waals surface area contributed by atoms with Crippen LogP contribution >= 0.6 is 0 Å². The van der Waals surface area contributed by atoms with Crippen LogP contribution in [0.3, 0.4) is 0 Å². The molecule has 2 atom stereocenters. The minimum absolute atomic E-state index is 0. The summed E-state index contributed by atoms with van der Waals surface area (Å²) in [6, 6.07) is 44.3. The number of aryl methyl sites for hydroxylation is 6. The van der Waals surface area contributed by atoms with Gasteiger partial charge in [0, 0.05) is 143 Å². The van der Waals surface area contributed by atoms with Gasteiger partial charge in [-0.2, -0.15) is 0 Å². The molecule has 0 bridgehead atoms. The van der Waals surface area contributed by atoms with E-state index >= 15 is 0 Å². The lowest BCUT2D eigenvalue weighted by Crippen LogP contribution is -2.31. The Hall–Kier alpha value is -11.4. The monoisotopic (exact) mass is 1470 g/mol. The quantitative estimate of drug-likeness (QED) is 0.0667. The van der Waals surface area contributed by atoms with E-state index in [9.17, 15) is 57.5 Å². The van der Waals surface area contributed by atoms with E-state index < -0.39 is 0 Å². The number of allylic oxidation sites excluding steroid dienone is 12. The molecule has 0 aromatic heterocycles. The molecule has 0 heterocycles. The number of hydrogen-bond donors (Lipinski definition) is 6. The van der Waals surface area contributed by atoms with Crippen molar-refractivity contribution in [2.45, 2.75) is 180 Å². The van der Waals surface area contributed by atoms with Crippen LogP contribution in [0.15, 0.2) is 216 Å². The van der Waals surface area contributed by atoms with E-state index in [0.29, 0.717) is 95.1 Å². The molecule has 109 heavy (non-hydrogen) atoms. The Morgan fingerprint density at radius 1 is 0.266 bits per heavy atom. The number of carbonyl (C=O) groups excluding carboxylic acids is 12. The zero-order chi connectivity index (χ0) is 78.8. The normalized spacial score (nSPS) is 17.4. The maximum atomic E-state index is 12.1. The van der Waals surface area contributed by atoms with Crippen molar-refractivity contribution in [3.63, 3.8) is 0 Å². The minimum Gasteiger partial charge on any atom is -0.326 e. The second kappa shape index (κ2) is 41.1. The van der Waals surface area contributed by atoms with E-state index in [2.05, 4.69) is 31.9 Å². The summed E-state index contributed by atoms with van der Waals surface area (Å²) in [6.07, 6.45) is 18.8. The number of rotatable bonds is 12. The van der Waals surface area contributed by atoms with Gasteiger partial charge in [0.25, 0.3) is 35.4 Å². The lowest BCUT2D eigenvalue weighted by Gasteiger charge is -2.28. The van der Waals surface area contributed by atoms with Crippen molar-refractivity contribution in [2.75, 3.05) is 0 Å². The van der Waals surface area contributed by atoms with Crippen molar-refractivity contribution < 1.29 is 57.5 Å². The zero-order valence-corrected chi connectivity index (χ0v) is 64.3. The highest BCUT2D eigenvalue weighted by Gasteiger charge is 2.30. The molecule has 6 aliphatic carbocycles. The Labute approximate surface area is 642 Å². The highest BCUT2D eigenvalue weighted by molar-refractivity contribution is 6.02. The molecule has 0 saturated carbocycles. The molecular weight excluding hydrogens is 1370 g/mol. The summed E-state index contributed by atoms with van der Waals surface area (Å²) in [6.45, 7) is 24.0. The largest absolute Gasteiger partial charge is 0.326 e. The lowest BCUT2D eigenvalue weighted by molar-refractivity contribution is -0.117. The van der Waals surface area contributed by atoms with Crippen molar-refractivity contribution in [1.82, 2.24) is 31.9 Å². The highest BCUT2D eigenvalue weighted by atomic mass is 16.2. The molecule has 2 unspecified atom stereocenters. The van der Waals surface area contributed by atoms with Crippen LogP contribution in [0, 0.1) is 64.2 Å². The number of carbonyl (C=O) groups is 12. The third-order valence-electron chi connectivity index (χ3n) is 18.2. The summed E-state index contributed by atoms with van der Waals surface area (Å²) < 4.78 is 0. The topological polar surface area (TPSA) is 277 Å². The first-order valence-corrected chi connectivity index (χ1v) is 36.8. The number of nitrogens with one attached hydrogen (secondary N) is 6. The van der Waals surface area contributed by atoms with Crippen LogP contribution in [0.1, 0.15) is 234 Å². The molecule has 6 N–H and O–H groups in total. The van der Waals surface area contributed by atoms with Crippen molar-refractivity contribution in [1.29, 1.82) is 0 Å². The molecule has 18 heteroatoms. The number of hydrogen-bond acceptors (Lipinski definition) is 12. The SMILES string of the molecule is C.Cc1ccc(C(=O)NC2=CC(=O)CC(C)(C)C2)cc1.Cc1ccc(C(=O)NC2=CC(=O)CC(C)(C)C2)cc1.Cc1ccc(C(=O)NC2=CC(=O)CC(C)C2)cc1.Cc1ccc(C(=O)NC2=CC(=O)CC(C)C2)cc1.Cc1ccc(C(=O)NC2=CC(=O)CCC2)cc1.Cc1ccc(C(=O)NC2=CC(=O)CCC2)cc1. The summed E-state index contributed by atoms with van der Waals surface area (Å²) in [5.41, 5.74) is 14.6. The van der Waals surface area contributed by atoms with E-state index in [1.54, 1.807) is 97.1 Å². The molecule has 0 radical (unpaired) electrons. The summed E-state index contributed by atoms with van der Waals surface area (Å²) in [5, 5.41) is 16.9. The van der Waals surface area contributed by atoms with Crippen LogP contribution < -0.4 is 31.9 Å². The van der Waals surface area contributed by atoms with Crippen molar-refractivity contribution in [2.24, 2.45) is 22.7 Å². The van der Waals surface area contributed by atoms with Crippen LogP contribution in [0.2, 0.25) is 0 Å². The fourth-order valence-electron chi connectivity index (χ4n) is 12.6. The Kier molecular flexibility index (Phi) is 32.6. The highest BCUT2D eigenvalue weighted by Crippen LogP contribution is 2.34. The van der Waals surface area contributed by atoms with Crippen LogP contribution in [0.4, 0.5) is 0 Å². The van der Waals surface area contributed by atoms with E-state index in [1.165, 1.54) is 12.2 Å². The van der Waals surface area contributed by atoms with Gasteiger partial charge in [0.05, 0.1) is 0 Å². The molecule has 0 aliphatic heterocycles. The van der Waals surface area contributed by atoms with Crippen LogP contribution in [-0.2, 0) is 28.8 Å². The Bertz CT molecular complexity index is 4220. The van der Waals surface area contributed by atoms with Crippen LogP contribution in [0.5, 0.6) is 0 Å². The second-order valence-corrected chi connectivity index (χ2v) is 30.5. The summed E-state index contributed by atoms with van der Waals surface area (Å²) in [4.78, 5) is 140. The molecule has 12 rings (SSSR count). The van der Waals surface area contributed by atoms with Gasteiger partial charge in [0.15, 0.2) is 34.7 Å². The molecule has 6 aromatic carbocycles. The summed E-state index contributed by atoms with van der Waals surface area (Å²) in [7, 11) is 0. The molecule has 6 aliphatic rings. The van der Waals surface area contributed by atoms with Crippen molar-refractivity contribution >= 4 is 70.1 Å². The standard InChI is InChI=1S/2C16H19NO2.2C15H17NO2.2C14H15NO2.CH4/c2*1-11-4-6-12(7-5-11)15(19)17-13-8-14(18)10-16(2,3)9-13;2*1-10-3-5-12(6-4-10)15(18)16-13-7-11(2)8-14(17)9-13;2*1-10-5-7-11(8-6-10)14(17)15-12-3-2-4-13(16)9-12;/h2*4-8H,9-10H2,1-3H3,(H,17,19);2*3-6,9,11H,7-8H2,1-2H3,(H,16,18);2*5-9H,2-4H2,1H3,(H,15,17);1H4. The smallest absolute Gasteiger partial charge is 0.255 e. The van der Waals surface area contributed by atoms with Crippen molar-refractivity contribution in [3.8, 4) is 0 Å². The van der Waals surface area contributed by atoms with E-state index in [4.69, 9.17) is 0 Å². The average molecular weight is 1480 g/mol. The fraction of sp³-hybridized carbons (Fsp3) is 0.341. The van der Waals surface area contributed by atoms with Gasteiger partial charge >= 0.3 is 0 Å². The first kappa shape index (κ1) is 86.5. The number of benzene rings is 6. The van der Waals surface area contributed by atoms with Gasteiger partial charge in [-0.3, -0.25) is 57.5 Å². The molecule has 6 amide bonds. The predicted octanol–water partition coefficient (Wildman–Crippen LogP) is 16.6. The van der Waals surface area contributed by atoms with E-state index in [0.717, 1.165) is 108 Å². The van der Waals surface area contributed by atoms with Gasteiger partial charge in [-0.05, 0) is 188 Å². The Morgan fingerprint density at radius 3 is 0.679 bits per heavy atom. The first-order valence-electron chi connectivity index (χ1n) is 36.8. The van der Waals surface area contributed by atoms with Gasteiger partial charge in [-0.25, -0.2) is 0 Å². The van der Waals surface area contributed by atoms with Gasteiger partial charge in [-0.15, -0.1) is 0 Å². The third-order valence-corrected chi connectivity index (χ3v) is 18.2. The lowest BCUT2D eigenvalue weighted by atomic mass is 9.79. The fourth-order valence-corrected chi connectivity index (χ4v) is 12.6. The van der Waals surface area contributed by atoms with Gasteiger partial charge in [0.1, 0.15) is 0 Å². The number of amides is 6. The van der Waals surface area contributed by atoms with Gasteiger partial charge in [0.2, 0.25) is 0 Å². The second-order valence-electron chi connectivity index (χ2n) is 30.5. The summed E-state index contributed by atoms with van der Waals surface area (Å²) in [5.74, 6) is 0.223. The van der Waals surface area contributed by atoms with Gasteiger partial charge < -0.3 is 31.9 Å². The zero-order valence-electron chi connectivity index (χ0n) is 64.3. The number of ketones is 6. The van der Waals surface area contributed by atoms with E-state index in [-0.39, 0.29) is 88.4 Å². The molecule has 18 nitrogen and oxygen atoms in total. The van der Waals surface area contributed by atoms with Gasteiger partial charge in [-0.1, -0.05) is 155 Å². The Balaban J connectivity index is 0.000000204. The Morgan fingerprint density at radius 2 is 0.468 bits per heavy atom. The van der Waals surface area contributed by atoms with Crippen molar-refractivity contribution in [3.05, 3.63) is 283 Å². The molecule has 6 aromatic rings. The summed E-state index contributed by atoms with van der Waals surface area (Å²) >= 11 is 0. The maximum absolute atomic E-state index is 12.1. The molecule has 0 spiro atoms. The average Bonchev–Trinajstić information content (AvgIpc) is 0.855.